The van der Waals surface area contributed by atoms with E-state index in [-0.39, 0.29) is 0 Å². The van der Waals surface area contributed by atoms with Crippen molar-refractivity contribution in [1.29, 1.82) is 0 Å². The number of aldehydes is 2. The van der Waals surface area contributed by atoms with Crippen LogP contribution in [0.25, 0.3) is 11.3 Å². The van der Waals surface area contributed by atoms with Gasteiger partial charge in [-0.2, -0.15) is 0 Å². The van der Waals surface area contributed by atoms with E-state index in [2.05, 4.69) is 30.6 Å². The average molecular weight is 490 g/mol. The zero-order chi connectivity index (χ0) is 23.0. The van der Waals surface area contributed by atoms with Crippen molar-refractivity contribution in [1.82, 2.24) is 9.97 Å². The van der Waals surface area contributed by atoms with Crippen LogP contribution in [0.1, 0.15) is 20.7 Å². The van der Waals surface area contributed by atoms with Crippen LogP contribution in [0.5, 0.6) is 5.75 Å². The van der Waals surface area contributed by atoms with Crippen molar-refractivity contribution in [3.8, 4) is 17.0 Å². The van der Waals surface area contributed by atoms with Crippen LogP contribution in [0.4, 0.5) is 0 Å². The van der Waals surface area contributed by atoms with Crippen LogP contribution in [-0.4, -0.2) is 35.2 Å². The maximum atomic E-state index is 10.6. The summed E-state index contributed by atoms with van der Waals surface area (Å²) >= 11 is 3.13. The fourth-order valence-corrected chi connectivity index (χ4v) is 2.72. The number of rotatable bonds is 5. The minimum absolute atomic E-state index is 0.636. The Morgan fingerprint density at radius 2 is 1.34 bits per heavy atom. The molecule has 0 saturated carbocycles. The topological polar surface area (TPSA) is 89.4 Å². The molecule has 0 fully saturated rings. The lowest BCUT2D eigenvalue weighted by atomic mass is 10.1. The molecule has 4 rings (SSSR count). The largest absolute Gasteiger partial charge is 0.569 e. The summed E-state index contributed by atoms with van der Waals surface area (Å²) in [5.41, 5.74) is 3.14. The van der Waals surface area contributed by atoms with Gasteiger partial charge in [0, 0.05) is 29.1 Å². The first-order valence-corrected chi connectivity index (χ1v) is 10.2. The maximum Gasteiger partial charge on any atom is 0.569 e. The summed E-state index contributed by atoms with van der Waals surface area (Å²) in [6.07, 6.45) is 4.83. The Bertz CT molecular complexity index is 1100. The summed E-state index contributed by atoms with van der Waals surface area (Å²) < 4.78 is 5.32. The lowest BCUT2D eigenvalue weighted by Crippen LogP contribution is -1.98. The van der Waals surface area contributed by atoms with Crippen molar-refractivity contribution in [3.63, 3.8) is 0 Å². The van der Waals surface area contributed by atoms with Crippen molar-refractivity contribution in [2.75, 3.05) is 0 Å². The highest BCUT2D eigenvalue weighted by atomic mass is 79.9. The molecule has 8 heteroatoms. The van der Waals surface area contributed by atoms with E-state index in [9.17, 15) is 9.59 Å². The molecule has 4 aromatic rings. The minimum Gasteiger partial charge on any atom is -0.537 e. The SMILES string of the molecule is O=Cc1ccnc(-c2ccccc2)c1.O=Cc1ccnc(Br)c1.O[B]Oc1ccccc1. The highest BCUT2D eigenvalue weighted by molar-refractivity contribution is 9.10. The normalized spacial score (nSPS) is 9.19. The fourth-order valence-electron chi connectivity index (χ4n) is 2.34. The van der Waals surface area contributed by atoms with Crippen LogP contribution in [0.2, 0.25) is 0 Å². The van der Waals surface area contributed by atoms with Gasteiger partial charge in [-0.1, -0.05) is 48.5 Å². The molecule has 2 heterocycles. The molecule has 6 nitrogen and oxygen atoms in total. The summed E-state index contributed by atoms with van der Waals surface area (Å²) in [6.45, 7) is 0. The van der Waals surface area contributed by atoms with E-state index in [0.717, 1.165) is 23.8 Å². The summed E-state index contributed by atoms with van der Waals surface area (Å²) in [7, 11) is 0.662. The number of benzene rings is 2. The zero-order valence-electron chi connectivity index (χ0n) is 16.9. The van der Waals surface area contributed by atoms with Crippen molar-refractivity contribution in [3.05, 3.63) is 113 Å². The van der Waals surface area contributed by atoms with Crippen LogP contribution in [-0.2, 0) is 0 Å². The number of pyridine rings is 2. The van der Waals surface area contributed by atoms with Crippen molar-refractivity contribution in [2.24, 2.45) is 0 Å². The Kier molecular flexibility index (Phi) is 11.1. The number of hydrogen-bond donors (Lipinski definition) is 1. The first-order chi connectivity index (χ1) is 15.7. The van der Waals surface area contributed by atoms with E-state index in [1.807, 2.05) is 48.5 Å². The zero-order valence-corrected chi connectivity index (χ0v) is 18.5. The predicted molar refractivity (Wildman–Crippen MR) is 127 cm³/mol. The van der Waals surface area contributed by atoms with Gasteiger partial charge in [-0.15, -0.1) is 0 Å². The summed E-state index contributed by atoms with van der Waals surface area (Å²) in [5.74, 6) is 0.639. The quantitative estimate of drug-likeness (QED) is 0.246. The molecule has 1 radical (unpaired) electrons. The summed E-state index contributed by atoms with van der Waals surface area (Å²) in [6, 6.07) is 25.6. The third-order valence-electron chi connectivity index (χ3n) is 3.81. The predicted octanol–water partition coefficient (Wildman–Crippen LogP) is 4.81. The lowest BCUT2D eigenvalue weighted by molar-refractivity contribution is 0.111. The number of aromatic nitrogens is 2. The van der Waals surface area contributed by atoms with E-state index < -0.39 is 0 Å². The maximum absolute atomic E-state index is 10.6. The van der Waals surface area contributed by atoms with E-state index in [1.54, 1.807) is 48.8 Å². The second-order valence-corrected chi connectivity index (χ2v) is 6.84. The number of hydrogen-bond acceptors (Lipinski definition) is 6. The number of para-hydroxylation sites is 1. The van der Waals surface area contributed by atoms with Crippen LogP contribution < -0.4 is 4.65 Å². The third kappa shape index (κ3) is 9.03. The second kappa shape index (κ2) is 14.4. The third-order valence-corrected chi connectivity index (χ3v) is 4.24. The molecule has 0 unspecified atom stereocenters. The molecule has 0 amide bonds. The summed E-state index contributed by atoms with van der Waals surface area (Å²) in [5, 5.41) is 8.17. The fraction of sp³-hybridized carbons (Fsp3) is 0. The Labute approximate surface area is 195 Å². The average Bonchev–Trinajstić information content (AvgIpc) is 2.86. The van der Waals surface area contributed by atoms with E-state index in [4.69, 9.17) is 5.02 Å². The summed E-state index contributed by atoms with van der Waals surface area (Å²) in [4.78, 5) is 28.7. The Hall–Kier alpha value is -3.62. The van der Waals surface area contributed by atoms with Gasteiger partial charge in [0.1, 0.15) is 17.2 Å². The van der Waals surface area contributed by atoms with Gasteiger partial charge in [0.2, 0.25) is 0 Å². The molecule has 0 spiro atoms. The van der Waals surface area contributed by atoms with E-state index >= 15 is 0 Å². The molecule has 32 heavy (non-hydrogen) atoms. The number of halogens is 1. The molecule has 0 aliphatic carbocycles. The Balaban J connectivity index is 0.000000178. The first-order valence-electron chi connectivity index (χ1n) is 9.37. The smallest absolute Gasteiger partial charge is 0.537 e. The Morgan fingerprint density at radius 1 is 0.781 bits per heavy atom. The van der Waals surface area contributed by atoms with Gasteiger partial charge >= 0.3 is 7.69 Å². The van der Waals surface area contributed by atoms with Crippen molar-refractivity contribution < 1.29 is 19.3 Å². The van der Waals surface area contributed by atoms with Gasteiger partial charge in [0.15, 0.2) is 0 Å². The minimum atomic E-state index is 0.636. The molecule has 2 aromatic carbocycles. The molecular formula is C24H19BBrN2O4. The molecule has 2 aromatic heterocycles. The number of carbonyl (C=O) groups excluding carboxylic acids is 2. The molecular weight excluding hydrogens is 471 g/mol. The van der Waals surface area contributed by atoms with Crippen LogP contribution >= 0.6 is 15.9 Å². The van der Waals surface area contributed by atoms with E-state index in [1.165, 1.54) is 0 Å². The highest BCUT2D eigenvalue weighted by Crippen LogP contribution is 2.16. The lowest BCUT2D eigenvalue weighted by Gasteiger charge is -1.99. The van der Waals surface area contributed by atoms with Gasteiger partial charge < -0.3 is 9.68 Å². The molecule has 0 saturated heterocycles. The van der Waals surface area contributed by atoms with Crippen molar-refractivity contribution in [2.45, 2.75) is 0 Å². The van der Waals surface area contributed by atoms with Crippen LogP contribution in [0.15, 0.2) is 102 Å². The van der Waals surface area contributed by atoms with Gasteiger partial charge in [-0.05, 0) is 52.3 Å². The van der Waals surface area contributed by atoms with Gasteiger partial charge in [0.25, 0.3) is 0 Å². The van der Waals surface area contributed by atoms with Crippen LogP contribution in [0.3, 0.4) is 0 Å². The molecule has 159 valence electrons. The molecule has 0 bridgehead atoms. The Morgan fingerprint density at radius 3 is 1.88 bits per heavy atom. The first kappa shape index (κ1) is 24.7. The van der Waals surface area contributed by atoms with Crippen LogP contribution in [0, 0.1) is 0 Å². The van der Waals surface area contributed by atoms with Gasteiger partial charge in [0.05, 0.1) is 11.4 Å². The molecule has 1 N–H and O–H groups in total. The molecule has 0 aliphatic heterocycles. The molecule has 0 aliphatic rings. The van der Waals surface area contributed by atoms with E-state index in [0.29, 0.717) is 29.2 Å². The van der Waals surface area contributed by atoms with Gasteiger partial charge in [-0.25, -0.2) is 4.98 Å². The van der Waals surface area contributed by atoms with Crippen molar-refractivity contribution >= 4 is 36.2 Å². The highest BCUT2D eigenvalue weighted by Gasteiger charge is 1.98. The second-order valence-electron chi connectivity index (χ2n) is 6.02. The number of nitrogens with zero attached hydrogens (tertiary/aromatic N) is 2. The van der Waals surface area contributed by atoms with Gasteiger partial charge in [-0.3, -0.25) is 14.6 Å². The standard InChI is InChI=1S/C12H9NO.C6H6BO2.C6H4BrNO/c14-9-10-6-7-13-12(8-10)11-4-2-1-3-5-11;8-7-9-6-4-2-1-3-5-6;7-6-3-5(4-9)1-2-8-6/h1-9H;1-5,8H;1-4H. The molecule has 0 atom stereocenters. The number of carbonyl (C=O) groups is 2. The monoisotopic (exact) mass is 489 g/mol.